The van der Waals surface area contributed by atoms with Crippen molar-refractivity contribution < 1.29 is 47.5 Å². The minimum Gasteiger partial charge on any atom is -0.480 e. The molecule has 3 atom stereocenters. The second-order valence-electron chi connectivity index (χ2n) is 7.85. The molecule has 0 heterocycles. The van der Waals surface area contributed by atoms with Crippen LogP contribution in [0.5, 0.6) is 0 Å². The van der Waals surface area contributed by atoms with E-state index in [4.69, 9.17) is 24.8 Å². The number of phosphoric acid groups is 1. The molecule has 0 spiro atoms. The highest BCUT2D eigenvalue weighted by atomic mass is 31.2. The Morgan fingerprint density at radius 1 is 0.879 bits per heavy atom. The summed E-state index contributed by atoms with van der Waals surface area (Å²) >= 11 is 0. The van der Waals surface area contributed by atoms with Crippen molar-refractivity contribution in [1.29, 1.82) is 0 Å². The first-order chi connectivity index (χ1) is 15.6. The maximum atomic E-state index is 11.9. The number of ether oxygens (including phenoxy) is 2. The predicted octanol–water partition coefficient (Wildman–Crippen LogP) is 3.32. The van der Waals surface area contributed by atoms with Crippen molar-refractivity contribution in [1.82, 2.24) is 0 Å². The van der Waals surface area contributed by atoms with Gasteiger partial charge >= 0.3 is 25.7 Å². The van der Waals surface area contributed by atoms with Crippen molar-refractivity contribution in [3.8, 4) is 0 Å². The van der Waals surface area contributed by atoms with Gasteiger partial charge in [-0.25, -0.2) is 4.57 Å². The van der Waals surface area contributed by atoms with Crippen LogP contribution in [0.25, 0.3) is 0 Å². The molecule has 0 fully saturated rings. The van der Waals surface area contributed by atoms with Crippen molar-refractivity contribution in [2.24, 2.45) is 5.73 Å². The summed E-state index contributed by atoms with van der Waals surface area (Å²) in [6.45, 7) is 1.61. The van der Waals surface area contributed by atoms with Crippen LogP contribution in [0.2, 0.25) is 0 Å². The monoisotopic (exact) mass is 497 g/mol. The molecule has 0 saturated heterocycles. The molecule has 0 radical (unpaired) electrons. The Morgan fingerprint density at radius 2 is 1.39 bits per heavy atom. The molecule has 0 amide bonds. The summed E-state index contributed by atoms with van der Waals surface area (Å²) in [5, 5.41) is 8.65. The van der Waals surface area contributed by atoms with Gasteiger partial charge in [-0.3, -0.25) is 23.4 Å². The van der Waals surface area contributed by atoms with Crippen LogP contribution < -0.4 is 5.73 Å². The number of carboxylic acid groups (broad SMARTS) is 1. The Balaban J connectivity index is 4.11. The third kappa shape index (κ3) is 19.6. The molecule has 0 aromatic carbocycles. The molecule has 0 saturated carbocycles. The number of aliphatic carboxylic acids is 1. The van der Waals surface area contributed by atoms with Crippen LogP contribution in [0.4, 0.5) is 0 Å². The maximum absolute atomic E-state index is 11.9. The molecule has 4 N–H and O–H groups in total. The molecule has 0 aliphatic carbocycles. The van der Waals surface area contributed by atoms with Gasteiger partial charge in [-0.05, 0) is 6.42 Å². The summed E-state index contributed by atoms with van der Waals surface area (Å²) in [5.74, 6) is -2.58. The standard InChI is InChI=1S/C21H40NO10P/c1-3-4-5-6-7-8-9-10-11-12-13-20(24)29-14-18(32-17(2)23)15-30-33(27,28)31-16-19(22)21(25)26/h18-19H,3-16,22H2,1-2H3,(H,25,26)(H,27,28)/t18-,19+/m1/s1. The fraction of sp³-hybridized carbons (Fsp3) is 0.857. The summed E-state index contributed by atoms with van der Waals surface area (Å²) in [6, 6.07) is -1.51. The number of rotatable bonds is 21. The maximum Gasteiger partial charge on any atom is 0.472 e. The highest BCUT2D eigenvalue weighted by Gasteiger charge is 2.27. The molecule has 0 rings (SSSR count). The van der Waals surface area contributed by atoms with Gasteiger partial charge < -0.3 is 25.2 Å². The van der Waals surface area contributed by atoms with Gasteiger partial charge in [-0.15, -0.1) is 0 Å². The molecule has 0 aliphatic heterocycles. The number of carbonyl (C=O) groups excluding carboxylic acids is 2. The molecule has 1 unspecified atom stereocenters. The van der Waals surface area contributed by atoms with Gasteiger partial charge in [0.15, 0.2) is 6.10 Å². The van der Waals surface area contributed by atoms with Gasteiger partial charge in [0.2, 0.25) is 0 Å². The average Bonchev–Trinajstić information content (AvgIpc) is 2.75. The highest BCUT2D eigenvalue weighted by molar-refractivity contribution is 7.47. The molecule has 0 aromatic rings. The van der Waals surface area contributed by atoms with Crippen molar-refractivity contribution in [3.05, 3.63) is 0 Å². The Hall–Kier alpha value is -1.52. The number of carboxylic acids is 1. The van der Waals surface area contributed by atoms with Crippen LogP contribution in [-0.4, -0.2) is 59.9 Å². The molecule has 12 heteroatoms. The number of unbranched alkanes of at least 4 members (excludes halogenated alkanes) is 9. The van der Waals surface area contributed by atoms with E-state index in [1.165, 1.54) is 38.5 Å². The first-order valence-electron chi connectivity index (χ1n) is 11.5. The van der Waals surface area contributed by atoms with E-state index in [0.717, 1.165) is 26.2 Å². The molecule has 0 aromatic heterocycles. The topological polar surface area (TPSA) is 172 Å². The lowest BCUT2D eigenvalue weighted by Crippen LogP contribution is -2.34. The van der Waals surface area contributed by atoms with Crippen molar-refractivity contribution in [2.45, 2.75) is 96.6 Å². The van der Waals surface area contributed by atoms with Crippen molar-refractivity contribution in [2.75, 3.05) is 19.8 Å². The summed E-state index contributed by atoms with van der Waals surface area (Å²) in [7, 11) is -4.65. The molecule has 194 valence electrons. The summed E-state index contributed by atoms with van der Waals surface area (Å²) in [5.41, 5.74) is 5.18. The van der Waals surface area contributed by atoms with Gasteiger partial charge in [0.1, 0.15) is 12.6 Å². The number of hydrogen-bond acceptors (Lipinski definition) is 9. The smallest absolute Gasteiger partial charge is 0.472 e. The van der Waals surface area contributed by atoms with Gasteiger partial charge in [0, 0.05) is 13.3 Å². The average molecular weight is 498 g/mol. The van der Waals surface area contributed by atoms with Crippen LogP contribution in [0, 0.1) is 0 Å². The van der Waals surface area contributed by atoms with Crippen LogP contribution >= 0.6 is 7.82 Å². The van der Waals surface area contributed by atoms with Gasteiger partial charge in [-0.2, -0.15) is 0 Å². The molecule has 0 aliphatic rings. The van der Waals surface area contributed by atoms with Gasteiger partial charge in [0.05, 0.1) is 13.2 Å². The third-order valence-corrected chi connectivity index (χ3v) is 5.61. The van der Waals surface area contributed by atoms with Crippen LogP contribution in [-0.2, 0) is 37.5 Å². The first kappa shape index (κ1) is 31.5. The Bertz CT molecular complexity index is 616. The Labute approximate surface area is 195 Å². The number of carbonyl (C=O) groups is 3. The first-order valence-corrected chi connectivity index (χ1v) is 13.0. The lowest BCUT2D eigenvalue weighted by atomic mass is 10.1. The number of esters is 2. The predicted molar refractivity (Wildman–Crippen MR) is 120 cm³/mol. The highest BCUT2D eigenvalue weighted by Crippen LogP contribution is 2.43. The zero-order valence-electron chi connectivity index (χ0n) is 19.7. The fourth-order valence-corrected chi connectivity index (χ4v) is 3.60. The molecular weight excluding hydrogens is 457 g/mol. The van der Waals surface area contributed by atoms with Crippen molar-refractivity contribution >= 4 is 25.7 Å². The Kier molecular flexibility index (Phi) is 18.0. The minimum atomic E-state index is -4.65. The van der Waals surface area contributed by atoms with E-state index in [2.05, 4.69) is 11.4 Å². The number of nitrogens with two attached hydrogens (primary N) is 1. The largest absolute Gasteiger partial charge is 0.480 e. The summed E-state index contributed by atoms with van der Waals surface area (Å²) < 4.78 is 31.0. The van der Waals surface area contributed by atoms with E-state index in [-0.39, 0.29) is 13.0 Å². The van der Waals surface area contributed by atoms with Gasteiger partial charge in [-0.1, -0.05) is 64.7 Å². The second-order valence-corrected chi connectivity index (χ2v) is 9.30. The summed E-state index contributed by atoms with van der Waals surface area (Å²) in [4.78, 5) is 43.3. The molecular formula is C21H40NO10P. The van der Waals surface area contributed by atoms with E-state index >= 15 is 0 Å². The Morgan fingerprint density at radius 3 is 1.91 bits per heavy atom. The van der Waals surface area contributed by atoms with E-state index in [0.29, 0.717) is 6.42 Å². The third-order valence-electron chi connectivity index (χ3n) is 4.66. The molecule has 33 heavy (non-hydrogen) atoms. The SMILES string of the molecule is CCCCCCCCCCCCC(=O)OC[C@H](COP(=O)(O)OC[C@H](N)C(=O)O)OC(C)=O. The quantitative estimate of drug-likeness (QED) is 0.121. The lowest BCUT2D eigenvalue weighted by Gasteiger charge is -2.19. The lowest BCUT2D eigenvalue weighted by molar-refractivity contribution is -0.159. The van der Waals surface area contributed by atoms with Gasteiger partial charge in [0.25, 0.3) is 0 Å². The minimum absolute atomic E-state index is 0.221. The van der Waals surface area contributed by atoms with Crippen LogP contribution in [0.3, 0.4) is 0 Å². The van der Waals surface area contributed by atoms with Crippen molar-refractivity contribution in [3.63, 3.8) is 0 Å². The number of phosphoric ester groups is 1. The molecule has 0 bridgehead atoms. The molecule has 11 nitrogen and oxygen atoms in total. The zero-order chi connectivity index (χ0) is 25.1. The van der Waals surface area contributed by atoms with E-state index < -0.39 is 51.1 Å². The second kappa shape index (κ2) is 18.9. The van der Waals surface area contributed by atoms with E-state index in [1.54, 1.807) is 0 Å². The van der Waals surface area contributed by atoms with Crippen LogP contribution in [0.15, 0.2) is 0 Å². The number of hydrogen-bond donors (Lipinski definition) is 3. The van der Waals surface area contributed by atoms with E-state index in [1.807, 2.05) is 0 Å². The zero-order valence-corrected chi connectivity index (χ0v) is 20.6. The van der Waals surface area contributed by atoms with E-state index in [9.17, 15) is 23.8 Å². The normalized spacial score (nSPS) is 14.8. The summed E-state index contributed by atoms with van der Waals surface area (Å²) in [6.07, 6.45) is 10.5. The fourth-order valence-electron chi connectivity index (χ4n) is 2.83. The van der Waals surface area contributed by atoms with Crippen LogP contribution in [0.1, 0.15) is 84.5 Å².